The molecule has 0 aromatic heterocycles. The van der Waals surface area contributed by atoms with Crippen molar-refractivity contribution in [3.8, 4) is 0 Å². The van der Waals surface area contributed by atoms with E-state index < -0.39 is 0 Å². The number of Topliss-reactive ketones (excluding diaryl/α,β-unsaturated/α-hetero) is 1. The Hall–Kier alpha value is -2.35. The maximum Gasteiger partial charge on any atom is 0.211 e. The van der Waals surface area contributed by atoms with E-state index in [1.54, 1.807) is 0 Å². The third kappa shape index (κ3) is 1.63. The molecular formula is C16H13NO. The molecule has 3 rings (SSSR count). The van der Waals surface area contributed by atoms with Crippen molar-refractivity contribution in [1.82, 2.24) is 0 Å². The molecule has 2 heteroatoms. The standard InChI is InChI=1S/C16H13NO/c1-17-14-10-6-5-9-13(14)16(18)15(17)11-12-7-3-2-4-8-12/h2-11H,1H3/b15-11+. The highest BCUT2D eigenvalue weighted by molar-refractivity contribution is 6.21. The van der Waals surface area contributed by atoms with Crippen LogP contribution in [-0.4, -0.2) is 12.8 Å². The summed E-state index contributed by atoms with van der Waals surface area (Å²) in [5.41, 5.74) is 3.52. The highest BCUT2D eigenvalue weighted by atomic mass is 16.1. The average Bonchev–Trinajstić information content (AvgIpc) is 2.66. The maximum absolute atomic E-state index is 12.3. The van der Waals surface area contributed by atoms with E-state index >= 15 is 0 Å². The van der Waals surface area contributed by atoms with Gasteiger partial charge in [-0.1, -0.05) is 42.5 Å². The minimum Gasteiger partial charge on any atom is -0.341 e. The van der Waals surface area contributed by atoms with Gasteiger partial charge in [-0.15, -0.1) is 0 Å². The van der Waals surface area contributed by atoms with Crippen molar-refractivity contribution < 1.29 is 4.79 Å². The molecule has 1 heterocycles. The summed E-state index contributed by atoms with van der Waals surface area (Å²) in [6.45, 7) is 0. The Morgan fingerprint density at radius 3 is 2.33 bits per heavy atom. The number of rotatable bonds is 1. The predicted octanol–water partition coefficient (Wildman–Crippen LogP) is 3.36. The van der Waals surface area contributed by atoms with Gasteiger partial charge in [0.15, 0.2) is 0 Å². The smallest absolute Gasteiger partial charge is 0.211 e. The first-order valence-electron chi connectivity index (χ1n) is 5.91. The first-order valence-corrected chi connectivity index (χ1v) is 5.91. The van der Waals surface area contributed by atoms with Gasteiger partial charge in [0.1, 0.15) is 0 Å². The summed E-state index contributed by atoms with van der Waals surface area (Å²) >= 11 is 0. The minimum atomic E-state index is 0.0944. The number of benzene rings is 2. The van der Waals surface area contributed by atoms with E-state index in [0.717, 1.165) is 22.5 Å². The zero-order chi connectivity index (χ0) is 12.5. The predicted molar refractivity (Wildman–Crippen MR) is 73.6 cm³/mol. The van der Waals surface area contributed by atoms with Crippen LogP contribution in [0.3, 0.4) is 0 Å². The van der Waals surface area contributed by atoms with E-state index in [1.807, 2.05) is 72.6 Å². The van der Waals surface area contributed by atoms with Crippen LogP contribution in [0.1, 0.15) is 15.9 Å². The zero-order valence-electron chi connectivity index (χ0n) is 10.1. The van der Waals surface area contributed by atoms with Crippen LogP contribution in [0.4, 0.5) is 5.69 Å². The molecule has 0 spiro atoms. The lowest BCUT2D eigenvalue weighted by molar-refractivity contribution is 0.104. The lowest BCUT2D eigenvalue weighted by atomic mass is 10.1. The van der Waals surface area contributed by atoms with Gasteiger partial charge in [-0.3, -0.25) is 4.79 Å². The van der Waals surface area contributed by atoms with E-state index in [-0.39, 0.29) is 5.78 Å². The summed E-state index contributed by atoms with van der Waals surface area (Å²) in [4.78, 5) is 14.3. The third-order valence-electron chi connectivity index (χ3n) is 3.21. The topological polar surface area (TPSA) is 20.3 Å². The number of hydrogen-bond donors (Lipinski definition) is 0. The van der Waals surface area contributed by atoms with Gasteiger partial charge in [0, 0.05) is 12.6 Å². The van der Waals surface area contributed by atoms with Gasteiger partial charge in [-0.2, -0.15) is 0 Å². The van der Waals surface area contributed by atoms with Crippen LogP contribution in [-0.2, 0) is 0 Å². The fourth-order valence-corrected chi connectivity index (χ4v) is 2.25. The van der Waals surface area contributed by atoms with Crippen molar-refractivity contribution in [2.24, 2.45) is 0 Å². The lowest BCUT2D eigenvalue weighted by Gasteiger charge is -2.13. The number of carbonyl (C=O) groups excluding carboxylic acids is 1. The first-order chi connectivity index (χ1) is 8.77. The van der Waals surface area contributed by atoms with Crippen LogP contribution >= 0.6 is 0 Å². The second kappa shape index (κ2) is 4.15. The molecular weight excluding hydrogens is 222 g/mol. The summed E-state index contributed by atoms with van der Waals surface area (Å²) in [6, 6.07) is 17.6. The summed E-state index contributed by atoms with van der Waals surface area (Å²) in [5, 5.41) is 0. The van der Waals surface area contributed by atoms with Gasteiger partial charge < -0.3 is 4.90 Å². The number of likely N-dealkylation sites (N-methyl/N-ethyl adjacent to an activating group) is 1. The van der Waals surface area contributed by atoms with Crippen molar-refractivity contribution in [2.45, 2.75) is 0 Å². The molecule has 88 valence electrons. The van der Waals surface area contributed by atoms with Crippen molar-refractivity contribution >= 4 is 17.5 Å². The van der Waals surface area contributed by atoms with E-state index in [2.05, 4.69) is 0 Å². The lowest BCUT2D eigenvalue weighted by Crippen LogP contribution is -2.13. The first kappa shape index (κ1) is 10.8. The summed E-state index contributed by atoms with van der Waals surface area (Å²) in [6.07, 6.45) is 1.93. The van der Waals surface area contributed by atoms with Crippen LogP contribution in [0, 0.1) is 0 Å². The SMILES string of the molecule is CN1/C(=C/c2ccccc2)C(=O)c2ccccc21. The number of anilines is 1. The van der Waals surface area contributed by atoms with Crippen LogP contribution in [0.25, 0.3) is 6.08 Å². The van der Waals surface area contributed by atoms with Crippen LogP contribution < -0.4 is 4.90 Å². The zero-order valence-corrected chi connectivity index (χ0v) is 10.1. The fraction of sp³-hybridized carbons (Fsp3) is 0.0625. The van der Waals surface area contributed by atoms with Crippen molar-refractivity contribution in [1.29, 1.82) is 0 Å². The largest absolute Gasteiger partial charge is 0.341 e. The molecule has 0 saturated carbocycles. The monoisotopic (exact) mass is 235 g/mol. The molecule has 0 N–H and O–H groups in total. The Labute approximate surface area is 106 Å². The van der Waals surface area contributed by atoms with Gasteiger partial charge in [0.2, 0.25) is 5.78 Å². The van der Waals surface area contributed by atoms with Gasteiger partial charge in [0.05, 0.1) is 11.4 Å². The Morgan fingerprint density at radius 1 is 0.944 bits per heavy atom. The molecule has 0 unspecified atom stereocenters. The Bertz CT molecular complexity index is 629. The molecule has 0 aliphatic carbocycles. The van der Waals surface area contributed by atoms with E-state index in [4.69, 9.17) is 0 Å². The summed E-state index contributed by atoms with van der Waals surface area (Å²) in [5.74, 6) is 0.0944. The normalized spacial score (nSPS) is 16.2. The van der Waals surface area contributed by atoms with Crippen molar-refractivity contribution in [3.63, 3.8) is 0 Å². The second-order valence-corrected chi connectivity index (χ2v) is 4.35. The molecule has 0 fully saturated rings. The molecule has 1 aliphatic rings. The molecule has 2 aromatic carbocycles. The van der Waals surface area contributed by atoms with Crippen molar-refractivity contribution in [2.75, 3.05) is 11.9 Å². The number of fused-ring (bicyclic) bond motifs is 1. The van der Waals surface area contributed by atoms with E-state index in [0.29, 0.717) is 0 Å². The van der Waals surface area contributed by atoms with Crippen LogP contribution in [0.5, 0.6) is 0 Å². The van der Waals surface area contributed by atoms with Crippen LogP contribution in [0.2, 0.25) is 0 Å². The molecule has 1 aliphatic heterocycles. The quantitative estimate of drug-likeness (QED) is 0.706. The molecule has 2 nitrogen and oxygen atoms in total. The summed E-state index contributed by atoms with van der Waals surface area (Å²) in [7, 11) is 1.93. The number of ketones is 1. The van der Waals surface area contributed by atoms with Gasteiger partial charge >= 0.3 is 0 Å². The number of hydrogen-bond acceptors (Lipinski definition) is 2. The summed E-state index contributed by atoms with van der Waals surface area (Å²) < 4.78 is 0. The van der Waals surface area contributed by atoms with E-state index in [1.165, 1.54) is 0 Å². The number of allylic oxidation sites excluding steroid dienone is 1. The molecule has 2 aromatic rings. The number of para-hydroxylation sites is 1. The van der Waals surface area contributed by atoms with Gasteiger partial charge in [-0.05, 0) is 23.8 Å². The molecule has 0 atom stereocenters. The Balaban J connectivity index is 2.07. The highest BCUT2D eigenvalue weighted by Gasteiger charge is 2.28. The van der Waals surface area contributed by atoms with E-state index in [9.17, 15) is 4.79 Å². The molecule has 0 bridgehead atoms. The molecule has 18 heavy (non-hydrogen) atoms. The molecule has 0 radical (unpaired) electrons. The van der Waals surface area contributed by atoms with Gasteiger partial charge in [-0.25, -0.2) is 0 Å². The highest BCUT2D eigenvalue weighted by Crippen LogP contribution is 2.33. The average molecular weight is 235 g/mol. The maximum atomic E-state index is 12.3. The van der Waals surface area contributed by atoms with Gasteiger partial charge in [0.25, 0.3) is 0 Å². The van der Waals surface area contributed by atoms with Crippen LogP contribution in [0.15, 0.2) is 60.3 Å². The van der Waals surface area contributed by atoms with Crippen molar-refractivity contribution in [3.05, 3.63) is 71.4 Å². The molecule has 0 saturated heterocycles. The third-order valence-corrected chi connectivity index (χ3v) is 3.21. The second-order valence-electron chi connectivity index (χ2n) is 4.35. The Kier molecular flexibility index (Phi) is 2.49. The number of carbonyl (C=O) groups is 1. The molecule has 0 amide bonds. The Morgan fingerprint density at radius 2 is 1.61 bits per heavy atom. The number of nitrogens with zero attached hydrogens (tertiary/aromatic N) is 1. The minimum absolute atomic E-state index is 0.0944. The fourth-order valence-electron chi connectivity index (χ4n) is 2.25.